The van der Waals surface area contributed by atoms with Crippen LogP contribution in [-0.2, 0) is 4.79 Å². The fourth-order valence-corrected chi connectivity index (χ4v) is 2.67. The standard InChI is InChI=1S/C20H16N4O/c21-13-15-9-7-14(8-10-15)12-17(19(22)23)20(25)24-11-3-5-16-4-1-2-6-18(16)24/h1-10,12H,11H2,(H3,22,23). The molecule has 122 valence electrons. The van der Waals surface area contributed by atoms with Crippen molar-refractivity contribution in [1.82, 2.24) is 0 Å². The summed E-state index contributed by atoms with van der Waals surface area (Å²) in [6.45, 7) is 0.424. The smallest absolute Gasteiger partial charge is 0.262 e. The van der Waals surface area contributed by atoms with Gasteiger partial charge in [0.05, 0.1) is 22.9 Å². The number of benzene rings is 2. The summed E-state index contributed by atoms with van der Waals surface area (Å²) in [5.74, 6) is -0.616. The molecule has 0 atom stereocenters. The van der Waals surface area contributed by atoms with E-state index in [-0.39, 0.29) is 17.3 Å². The highest BCUT2D eigenvalue weighted by atomic mass is 16.2. The third kappa shape index (κ3) is 3.33. The molecule has 3 rings (SSSR count). The summed E-state index contributed by atoms with van der Waals surface area (Å²) in [5, 5.41) is 16.7. The Balaban J connectivity index is 1.97. The van der Waals surface area contributed by atoms with Crippen molar-refractivity contribution in [2.45, 2.75) is 0 Å². The molecule has 3 N–H and O–H groups in total. The fraction of sp³-hybridized carbons (Fsp3) is 0.0500. The number of rotatable bonds is 3. The molecule has 5 nitrogen and oxygen atoms in total. The Morgan fingerprint density at radius 2 is 1.92 bits per heavy atom. The van der Waals surface area contributed by atoms with E-state index in [4.69, 9.17) is 16.4 Å². The van der Waals surface area contributed by atoms with Crippen molar-refractivity contribution in [3.8, 4) is 6.07 Å². The Morgan fingerprint density at radius 1 is 1.20 bits per heavy atom. The van der Waals surface area contributed by atoms with Crippen molar-refractivity contribution in [3.05, 3.63) is 76.9 Å². The van der Waals surface area contributed by atoms with Crippen molar-refractivity contribution in [2.24, 2.45) is 5.73 Å². The minimum absolute atomic E-state index is 0.120. The third-order valence-corrected chi connectivity index (χ3v) is 3.93. The Kier molecular flexibility index (Phi) is 4.44. The van der Waals surface area contributed by atoms with Gasteiger partial charge in [0.25, 0.3) is 5.91 Å². The van der Waals surface area contributed by atoms with Crippen molar-refractivity contribution >= 4 is 29.6 Å². The Labute approximate surface area is 145 Å². The lowest BCUT2D eigenvalue weighted by Crippen LogP contribution is -2.37. The van der Waals surface area contributed by atoms with Gasteiger partial charge in [0.1, 0.15) is 5.84 Å². The topological polar surface area (TPSA) is 94.0 Å². The van der Waals surface area contributed by atoms with Gasteiger partial charge in [-0.05, 0) is 35.4 Å². The molecule has 2 aromatic carbocycles. The van der Waals surface area contributed by atoms with Crippen LogP contribution in [0.25, 0.3) is 12.2 Å². The maximum absolute atomic E-state index is 13.0. The number of nitrogens with two attached hydrogens (primary N) is 1. The van der Waals surface area contributed by atoms with Crippen LogP contribution in [0.5, 0.6) is 0 Å². The maximum atomic E-state index is 13.0. The van der Waals surface area contributed by atoms with E-state index >= 15 is 0 Å². The molecule has 0 fully saturated rings. The van der Waals surface area contributed by atoms with E-state index < -0.39 is 0 Å². The van der Waals surface area contributed by atoms with E-state index in [0.717, 1.165) is 11.3 Å². The number of amidine groups is 1. The van der Waals surface area contributed by atoms with Gasteiger partial charge in [-0.1, -0.05) is 42.5 Å². The van der Waals surface area contributed by atoms with Gasteiger partial charge in [0.2, 0.25) is 0 Å². The summed E-state index contributed by atoms with van der Waals surface area (Å²) < 4.78 is 0. The summed E-state index contributed by atoms with van der Waals surface area (Å²) in [6.07, 6.45) is 5.45. The van der Waals surface area contributed by atoms with Crippen LogP contribution in [0.2, 0.25) is 0 Å². The average Bonchev–Trinajstić information content (AvgIpc) is 2.65. The number of fused-ring (bicyclic) bond motifs is 1. The average molecular weight is 328 g/mol. The molecule has 0 saturated heterocycles. The van der Waals surface area contributed by atoms with Gasteiger partial charge in [-0.2, -0.15) is 5.26 Å². The minimum atomic E-state index is -0.325. The number of para-hydroxylation sites is 1. The second-order valence-corrected chi connectivity index (χ2v) is 5.58. The van der Waals surface area contributed by atoms with Crippen molar-refractivity contribution in [1.29, 1.82) is 10.7 Å². The van der Waals surface area contributed by atoms with Gasteiger partial charge in [-0.15, -0.1) is 0 Å². The zero-order valence-electron chi connectivity index (χ0n) is 13.4. The van der Waals surface area contributed by atoms with Crippen LogP contribution < -0.4 is 10.6 Å². The second-order valence-electron chi connectivity index (χ2n) is 5.58. The molecule has 0 radical (unpaired) electrons. The second kappa shape index (κ2) is 6.85. The van der Waals surface area contributed by atoms with Crippen LogP contribution in [0.1, 0.15) is 16.7 Å². The van der Waals surface area contributed by atoms with Crippen LogP contribution in [0.4, 0.5) is 5.69 Å². The number of nitrogens with one attached hydrogen (secondary N) is 1. The molecule has 1 aliphatic rings. The summed E-state index contributed by atoms with van der Waals surface area (Å²) in [4.78, 5) is 14.6. The van der Waals surface area contributed by atoms with E-state index in [2.05, 4.69) is 0 Å². The first kappa shape index (κ1) is 16.2. The molecule has 1 aliphatic heterocycles. The first-order valence-electron chi connectivity index (χ1n) is 7.74. The molecule has 1 heterocycles. The molecule has 25 heavy (non-hydrogen) atoms. The first-order chi connectivity index (χ1) is 12.1. The van der Waals surface area contributed by atoms with Crippen LogP contribution in [0, 0.1) is 16.7 Å². The number of amides is 1. The zero-order chi connectivity index (χ0) is 17.8. The lowest BCUT2D eigenvalue weighted by atomic mass is 10.0. The number of nitriles is 1. The van der Waals surface area contributed by atoms with Crippen LogP contribution >= 0.6 is 0 Å². The van der Waals surface area contributed by atoms with Crippen molar-refractivity contribution in [3.63, 3.8) is 0 Å². The summed E-state index contributed by atoms with van der Waals surface area (Å²) >= 11 is 0. The normalized spacial score (nSPS) is 13.1. The van der Waals surface area contributed by atoms with E-state index in [1.165, 1.54) is 0 Å². The quantitative estimate of drug-likeness (QED) is 0.515. The van der Waals surface area contributed by atoms with E-state index in [0.29, 0.717) is 17.7 Å². The number of carbonyl (C=O) groups excluding carboxylic acids is 1. The molecule has 0 unspecified atom stereocenters. The van der Waals surface area contributed by atoms with Gasteiger partial charge < -0.3 is 10.6 Å². The highest BCUT2D eigenvalue weighted by Crippen LogP contribution is 2.27. The molecule has 1 amide bonds. The van der Waals surface area contributed by atoms with Crippen LogP contribution in [0.15, 0.2) is 60.2 Å². The predicted octanol–water partition coefficient (Wildman–Crippen LogP) is 2.94. The summed E-state index contributed by atoms with van der Waals surface area (Å²) in [5.41, 5.74) is 8.76. The van der Waals surface area contributed by atoms with Crippen LogP contribution in [0.3, 0.4) is 0 Å². The molecular formula is C20H16N4O. The van der Waals surface area contributed by atoms with E-state index in [1.54, 1.807) is 35.2 Å². The zero-order valence-corrected chi connectivity index (χ0v) is 13.4. The highest BCUT2D eigenvalue weighted by Gasteiger charge is 2.24. The van der Waals surface area contributed by atoms with Crippen molar-refractivity contribution in [2.75, 3.05) is 11.4 Å². The van der Waals surface area contributed by atoms with Gasteiger partial charge in [0, 0.05) is 6.54 Å². The van der Waals surface area contributed by atoms with Gasteiger partial charge in [0.15, 0.2) is 0 Å². The summed E-state index contributed by atoms with van der Waals surface area (Å²) in [6, 6.07) is 16.4. The number of hydrogen-bond donors (Lipinski definition) is 2. The molecule has 2 aromatic rings. The number of anilines is 1. The highest BCUT2D eigenvalue weighted by molar-refractivity contribution is 6.27. The van der Waals surface area contributed by atoms with Gasteiger partial charge in [-0.3, -0.25) is 10.2 Å². The molecule has 0 bridgehead atoms. The Hall–Kier alpha value is -3.65. The van der Waals surface area contributed by atoms with Crippen molar-refractivity contribution < 1.29 is 4.79 Å². The predicted molar refractivity (Wildman–Crippen MR) is 98.9 cm³/mol. The summed E-state index contributed by atoms with van der Waals surface area (Å²) in [7, 11) is 0. The number of nitrogens with zero attached hydrogens (tertiary/aromatic N) is 2. The fourth-order valence-electron chi connectivity index (χ4n) is 2.67. The maximum Gasteiger partial charge on any atom is 0.262 e. The number of hydrogen-bond acceptors (Lipinski definition) is 3. The SMILES string of the molecule is N#Cc1ccc(C=C(C(=N)N)C(=O)N2CC=Cc3ccccc32)cc1. The van der Waals surface area contributed by atoms with E-state index in [1.807, 2.05) is 42.5 Å². The molecule has 0 aliphatic carbocycles. The monoisotopic (exact) mass is 328 g/mol. The molecule has 0 aromatic heterocycles. The van der Waals surface area contributed by atoms with Crippen LogP contribution in [-0.4, -0.2) is 18.3 Å². The molecular weight excluding hydrogens is 312 g/mol. The Morgan fingerprint density at radius 3 is 2.60 bits per heavy atom. The first-order valence-corrected chi connectivity index (χ1v) is 7.74. The number of carbonyl (C=O) groups is 1. The minimum Gasteiger partial charge on any atom is -0.384 e. The largest absolute Gasteiger partial charge is 0.384 e. The van der Waals surface area contributed by atoms with Gasteiger partial charge in [-0.25, -0.2) is 0 Å². The molecule has 0 spiro atoms. The third-order valence-electron chi connectivity index (χ3n) is 3.93. The van der Waals surface area contributed by atoms with E-state index in [9.17, 15) is 4.79 Å². The van der Waals surface area contributed by atoms with Gasteiger partial charge >= 0.3 is 0 Å². The molecule has 5 heteroatoms. The lowest BCUT2D eigenvalue weighted by molar-refractivity contribution is -0.114. The lowest BCUT2D eigenvalue weighted by Gasteiger charge is -2.27. The molecule has 0 saturated carbocycles. The Bertz CT molecular complexity index is 933.